The SMILES string of the molecule is Cc1ccc(S(=O)(=O)N[C@H](C(=O)N2CCN(c3ccc([N+](=O)[O-])cc3)CC2)C(C)C)cc1. The van der Waals surface area contributed by atoms with E-state index in [1.54, 1.807) is 29.2 Å². The molecule has 1 atom stereocenters. The highest BCUT2D eigenvalue weighted by atomic mass is 32.2. The molecule has 0 aromatic heterocycles. The molecule has 1 fully saturated rings. The molecule has 32 heavy (non-hydrogen) atoms. The molecule has 1 aliphatic heterocycles. The molecule has 1 amide bonds. The predicted molar refractivity (Wildman–Crippen MR) is 122 cm³/mol. The maximum absolute atomic E-state index is 13.2. The van der Waals surface area contributed by atoms with Crippen LogP contribution in [0.25, 0.3) is 0 Å². The molecule has 1 N–H and O–H groups in total. The maximum Gasteiger partial charge on any atom is 0.269 e. The Balaban J connectivity index is 1.66. The second-order valence-electron chi connectivity index (χ2n) is 8.24. The van der Waals surface area contributed by atoms with Crippen molar-refractivity contribution in [1.82, 2.24) is 9.62 Å². The molecule has 3 rings (SSSR count). The number of carbonyl (C=O) groups is 1. The van der Waals surface area contributed by atoms with E-state index in [9.17, 15) is 23.3 Å². The number of nitro groups is 1. The van der Waals surface area contributed by atoms with Crippen molar-refractivity contribution in [2.75, 3.05) is 31.1 Å². The van der Waals surface area contributed by atoms with E-state index in [0.717, 1.165) is 11.3 Å². The first-order chi connectivity index (χ1) is 15.1. The van der Waals surface area contributed by atoms with E-state index in [4.69, 9.17) is 0 Å². The molecule has 172 valence electrons. The molecular weight excluding hydrogens is 432 g/mol. The Kier molecular flexibility index (Phi) is 7.15. The zero-order valence-corrected chi connectivity index (χ0v) is 19.2. The summed E-state index contributed by atoms with van der Waals surface area (Å²) in [6.45, 7) is 7.48. The van der Waals surface area contributed by atoms with Gasteiger partial charge in [0.05, 0.1) is 9.82 Å². The van der Waals surface area contributed by atoms with E-state index in [0.29, 0.717) is 26.2 Å². The van der Waals surface area contributed by atoms with E-state index in [-0.39, 0.29) is 22.4 Å². The maximum atomic E-state index is 13.2. The van der Waals surface area contributed by atoms with Crippen LogP contribution in [0.3, 0.4) is 0 Å². The van der Waals surface area contributed by atoms with Gasteiger partial charge in [0, 0.05) is 44.0 Å². The Morgan fingerprint density at radius 2 is 1.56 bits per heavy atom. The number of non-ortho nitro benzene ring substituents is 1. The molecular formula is C22H28N4O5S. The monoisotopic (exact) mass is 460 g/mol. The van der Waals surface area contributed by atoms with Crippen LogP contribution < -0.4 is 9.62 Å². The largest absolute Gasteiger partial charge is 0.368 e. The lowest BCUT2D eigenvalue weighted by Crippen LogP contribution is -2.56. The van der Waals surface area contributed by atoms with Crippen LogP contribution in [0.1, 0.15) is 19.4 Å². The van der Waals surface area contributed by atoms with Crippen molar-refractivity contribution in [3.05, 3.63) is 64.2 Å². The highest BCUT2D eigenvalue weighted by Crippen LogP contribution is 2.21. The number of nitrogens with zero attached hydrogens (tertiary/aromatic N) is 3. The third kappa shape index (κ3) is 5.43. The average Bonchev–Trinajstić information content (AvgIpc) is 2.77. The zero-order chi connectivity index (χ0) is 23.5. The van der Waals surface area contributed by atoms with Gasteiger partial charge in [0.15, 0.2) is 0 Å². The van der Waals surface area contributed by atoms with Gasteiger partial charge in [-0.15, -0.1) is 0 Å². The van der Waals surface area contributed by atoms with Crippen molar-refractivity contribution in [3.8, 4) is 0 Å². The number of sulfonamides is 1. The van der Waals surface area contributed by atoms with E-state index < -0.39 is 21.0 Å². The molecule has 0 bridgehead atoms. The summed E-state index contributed by atoms with van der Waals surface area (Å²) in [4.78, 5) is 27.4. The summed E-state index contributed by atoms with van der Waals surface area (Å²) in [6.07, 6.45) is 0. The number of nitrogens with one attached hydrogen (secondary N) is 1. The second kappa shape index (κ2) is 9.66. The Morgan fingerprint density at radius 1 is 1.00 bits per heavy atom. The average molecular weight is 461 g/mol. The molecule has 0 aliphatic carbocycles. The normalized spacial score (nSPS) is 15.6. The fraction of sp³-hybridized carbons (Fsp3) is 0.409. The van der Waals surface area contributed by atoms with Crippen molar-refractivity contribution < 1.29 is 18.1 Å². The smallest absolute Gasteiger partial charge is 0.269 e. The van der Waals surface area contributed by atoms with Crippen LogP contribution in [-0.4, -0.2) is 56.4 Å². The van der Waals surface area contributed by atoms with Gasteiger partial charge in [-0.25, -0.2) is 8.42 Å². The molecule has 1 heterocycles. The van der Waals surface area contributed by atoms with Crippen LogP contribution in [0.5, 0.6) is 0 Å². The summed E-state index contributed by atoms with van der Waals surface area (Å²) in [5.41, 5.74) is 1.83. The molecule has 0 unspecified atom stereocenters. The van der Waals surface area contributed by atoms with Crippen molar-refractivity contribution in [3.63, 3.8) is 0 Å². The molecule has 0 spiro atoms. The van der Waals surface area contributed by atoms with Crippen LogP contribution in [0.15, 0.2) is 53.4 Å². The van der Waals surface area contributed by atoms with Crippen LogP contribution >= 0.6 is 0 Å². The molecule has 0 radical (unpaired) electrons. The van der Waals surface area contributed by atoms with Gasteiger partial charge < -0.3 is 9.80 Å². The van der Waals surface area contributed by atoms with Gasteiger partial charge in [0.1, 0.15) is 6.04 Å². The summed E-state index contributed by atoms with van der Waals surface area (Å²) in [5, 5.41) is 10.8. The number of benzene rings is 2. The van der Waals surface area contributed by atoms with Gasteiger partial charge in [0.25, 0.3) is 5.69 Å². The minimum atomic E-state index is -3.83. The van der Waals surface area contributed by atoms with Crippen LogP contribution in [0.2, 0.25) is 0 Å². The van der Waals surface area contributed by atoms with Gasteiger partial charge >= 0.3 is 0 Å². The van der Waals surface area contributed by atoms with E-state index >= 15 is 0 Å². The highest BCUT2D eigenvalue weighted by molar-refractivity contribution is 7.89. The summed E-state index contributed by atoms with van der Waals surface area (Å²) in [5.74, 6) is -0.477. The number of anilines is 1. The Bertz CT molecular complexity index is 1060. The lowest BCUT2D eigenvalue weighted by Gasteiger charge is -2.38. The molecule has 0 saturated carbocycles. The second-order valence-corrected chi connectivity index (χ2v) is 9.96. The summed E-state index contributed by atoms with van der Waals surface area (Å²) in [7, 11) is -3.83. The number of nitro benzene ring substituents is 1. The Morgan fingerprint density at radius 3 is 2.06 bits per heavy atom. The van der Waals surface area contributed by atoms with Crippen LogP contribution in [-0.2, 0) is 14.8 Å². The Hall–Kier alpha value is -2.98. The van der Waals surface area contributed by atoms with Crippen molar-refractivity contribution in [2.24, 2.45) is 5.92 Å². The number of piperazine rings is 1. The summed E-state index contributed by atoms with van der Waals surface area (Å²) < 4.78 is 28.2. The first kappa shape index (κ1) is 23.7. The highest BCUT2D eigenvalue weighted by Gasteiger charge is 2.33. The molecule has 1 saturated heterocycles. The fourth-order valence-corrected chi connectivity index (χ4v) is 4.93. The number of aryl methyl sites for hydroxylation is 1. The van der Waals surface area contributed by atoms with E-state index in [1.165, 1.54) is 24.3 Å². The summed E-state index contributed by atoms with van der Waals surface area (Å²) >= 11 is 0. The predicted octanol–water partition coefficient (Wildman–Crippen LogP) is 2.55. The lowest BCUT2D eigenvalue weighted by atomic mass is 10.0. The first-order valence-corrected chi connectivity index (χ1v) is 11.9. The lowest BCUT2D eigenvalue weighted by molar-refractivity contribution is -0.384. The molecule has 10 heteroatoms. The zero-order valence-electron chi connectivity index (χ0n) is 18.4. The number of hydrogen-bond acceptors (Lipinski definition) is 6. The van der Waals surface area contributed by atoms with E-state index in [1.807, 2.05) is 25.7 Å². The molecule has 2 aromatic carbocycles. The molecule has 2 aromatic rings. The topological polar surface area (TPSA) is 113 Å². The van der Waals surface area contributed by atoms with Gasteiger partial charge in [-0.1, -0.05) is 31.5 Å². The standard InChI is InChI=1S/C22H28N4O5S/c1-16(2)21(23-32(30,31)20-10-4-17(3)5-11-20)22(27)25-14-12-24(13-15-25)18-6-8-19(9-7-18)26(28)29/h4-11,16,21,23H,12-15H2,1-3H3/t21-/m0/s1. The van der Waals surface area contributed by atoms with Crippen LogP contribution in [0.4, 0.5) is 11.4 Å². The molecule has 9 nitrogen and oxygen atoms in total. The van der Waals surface area contributed by atoms with Gasteiger partial charge in [0.2, 0.25) is 15.9 Å². The number of hydrogen-bond donors (Lipinski definition) is 1. The van der Waals surface area contributed by atoms with Crippen molar-refractivity contribution in [1.29, 1.82) is 0 Å². The number of carbonyl (C=O) groups excluding carboxylic acids is 1. The van der Waals surface area contributed by atoms with Crippen molar-refractivity contribution in [2.45, 2.75) is 31.7 Å². The Labute approximate surface area is 188 Å². The summed E-state index contributed by atoms with van der Waals surface area (Å²) in [6, 6.07) is 11.9. The fourth-order valence-electron chi connectivity index (χ4n) is 3.59. The van der Waals surface area contributed by atoms with Gasteiger partial charge in [-0.2, -0.15) is 4.72 Å². The third-order valence-corrected chi connectivity index (χ3v) is 7.02. The minimum absolute atomic E-state index is 0.0307. The van der Waals surface area contributed by atoms with Gasteiger partial charge in [-0.3, -0.25) is 14.9 Å². The first-order valence-electron chi connectivity index (χ1n) is 10.5. The number of rotatable bonds is 7. The van der Waals surface area contributed by atoms with Crippen LogP contribution in [0, 0.1) is 23.0 Å². The third-order valence-electron chi connectivity index (χ3n) is 5.56. The van der Waals surface area contributed by atoms with Crippen molar-refractivity contribution >= 4 is 27.3 Å². The minimum Gasteiger partial charge on any atom is -0.368 e. The van der Waals surface area contributed by atoms with E-state index in [2.05, 4.69) is 4.72 Å². The quantitative estimate of drug-likeness (QED) is 0.502. The van der Waals surface area contributed by atoms with Gasteiger partial charge in [-0.05, 0) is 37.1 Å². The number of amides is 1. The molecule has 1 aliphatic rings.